The molecule has 0 aromatic carbocycles. The van der Waals surface area contributed by atoms with E-state index in [0.717, 1.165) is 27.7 Å². The zero-order valence-electron chi connectivity index (χ0n) is 8.07. The Morgan fingerprint density at radius 1 is 1.50 bits per heavy atom. The van der Waals surface area contributed by atoms with Gasteiger partial charge in [-0.05, 0) is 24.6 Å². The van der Waals surface area contributed by atoms with Gasteiger partial charge in [-0.25, -0.2) is 9.97 Å². The van der Waals surface area contributed by atoms with Crippen LogP contribution in [0.1, 0.15) is 6.92 Å². The first kappa shape index (κ1) is 9.73. The molecule has 2 rings (SSSR count). The van der Waals surface area contributed by atoms with Gasteiger partial charge in [0.25, 0.3) is 0 Å². The van der Waals surface area contributed by atoms with Crippen molar-refractivity contribution in [3.05, 3.63) is 11.4 Å². The Morgan fingerprint density at radius 3 is 3.07 bits per heavy atom. The summed E-state index contributed by atoms with van der Waals surface area (Å²) in [7, 11) is 0. The van der Waals surface area contributed by atoms with Gasteiger partial charge in [0.1, 0.15) is 9.86 Å². The van der Waals surface area contributed by atoms with Crippen LogP contribution in [0.2, 0.25) is 0 Å². The number of aromatic nitrogens is 2. The molecule has 0 fully saturated rings. The molecule has 0 aliphatic heterocycles. The average Bonchev–Trinajstić information content (AvgIpc) is 2.65. The lowest BCUT2D eigenvalue weighted by molar-refractivity contribution is 1.06. The first-order valence-electron chi connectivity index (χ1n) is 4.38. The number of hydrogen-bond acceptors (Lipinski definition) is 5. The lowest BCUT2D eigenvalue weighted by Crippen LogP contribution is -2.02. The van der Waals surface area contributed by atoms with Gasteiger partial charge in [0.05, 0.1) is 0 Å². The van der Waals surface area contributed by atoms with Crippen LogP contribution in [0.25, 0.3) is 10.2 Å². The summed E-state index contributed by atoms with van der Waals surface area (Å²) in [5.74, 6) is 0.729. The van der Waals surface area contributed by atoms with E-state index >= 15 is 0 Å². The SMILES string of the molecule is CCNc1nc(SC)c2ccsc2n1. The maximum atomic E-state index is 4.43. The second-order valence-electron chi connectivity index (χ2n) is 2.73. The van der Waals surface area contributed by atoms with E-state index in [1.807, 2.05) is 13.2 Å². The Bertz CT molecular complexity index is 439. The quantitative estimate of drug-likeness (QED) is 0.644. The molecule has 0 aliphatic rings. The highest BCUT2D eigenvalue weighted by Gasteiger charge is 2.06. The van der Waals surface area contributed by atoms with Crippen molar-refractivity contribution >= 4 is 39.3 Å². The number of rotatable bonds is 3. The molecule has 2 aromatic rings. The second kappa shape index (κ2) is 4.14. The number of fused-ring (bicyclic) bond motifs is 1. The fraction of sp³-hybridized carbons (Fsp3) is 0.333. The summed E-state index contributed by atoms with van der Waals surface area (Å²) in [6.45, 7) is 2.89. The third kappa shape index (κ3) is 1.69. The number of hydrogen-bond donors (Lipinski definition) is 1. The van der Waals surface area contributed by atoms with Gasteiger partial charge in [-0.15, -0.1) is 23.1 Å². The molecule has 1 N–H and O–H groups in total. The fourth-order valence-corrected chi connectivity index (χ4v) is 2.61. The molecule has 14 heavy (non-hydrogen) atoms. The maximum Gasteiger partial charge on any atom is 0.225 e. The maximum absolute atomic E-state index is 4.43. The lowest BCUT2D eigenvalue weighted by Gasteiger charge is -2.03. The summed E-state index contributed by atoms with van der Waals surface area (Å²) in [4.78, 5) is 9.90. The van der Waals surface area contributed by atoms with E-state index in [1.54, 1.807) is 23.1 Å². The molecule has 0 aliphatic carbocycles. The molecule has 0 atom stereocenters. The van der Waals surface area contributed by atoms with Crippen LogP contribution >= 0.6 is 23.1 Å². The molecule has 0 bridgehead atoms. The van der Waals surface area contributed by atoms with Crippen LogP contribution in [0.5, 0.6) is 0 Å². The van der Waals surface area contributed by atoms with Gasteiger partial charge in [-0.1, -0.05) is 0 Å². The van der Waals surface area contributed by atoms with E-state index in [-0.39, 0.29) is 0 Å². The van der Waals surface area contributed by atoms with Gasteiger partial charge in [0.2, 0.25) is 5.95 Å². The van der Waals surface area contributed by atoms with Gasteiger partial charge < -0.3 is 5.32 Å². The lowest BCUT2D eigenvalue weighted by atomic mass is 10.4. The highest BCUT2D eigenvalue weighted by atomic mass is 32.2. The Labute approximate surface area is 91.0 Å². The highest BCUT2D eigenvalue weighted by Crippen LogP contribution is 2.28. The minimum atomic E-state index is 0.729. The third-order valence-electron chi connectivity index (χ3n) is 1.82. The van der Waals surface area contributed by atoms with Crippen molar-refractivity contribution in [2.75, 3.05) is 18.1 Å². The van der Waals surface area contributed by atoms with Crippen LogP contribution in [0, 0.1) is 0 Å². The topological polar surface area (TPSA) is 37.8 Å². The third-order valence-corrected chi connectivity index (χ3v) is 3.32. The minimum Gasteiger partial charge on any atom is -0.354 e. The number of anilines is 1. The molecular weight excluding hydrogens is 214 g/mol. The summed E-state index contributed by atoms with van der Waals surface area (Å²) < 4.78 is 0. The van der Waals surface area contributed by atoms with Gasteiger partial charge in [-0.2, -0.15) is 0 Å². The number of thiophene rings is 1. The van der Waals surface area contributed by atoms with E-state index in [9.17, 15) is 0 Å². The molecule has 0 radical (unpaired) electrons. The number of nitrogens with zero attached hydrogens (tertiary/aromatic N) is 2. The summed E-state index contributed by atoms with van der Waals surface area (Å²) in [6, 6.07) is 2.07. The van der Waals surface area contributed by atoms with Gasteiger partial charge in [0, 0.05) is 11.9 Å². The molecule has 3 nitrogen and oxygen atoms in total. The number of thioether (sulfide) groups is 1. The molecule has 2 heterocycles. The van der Waals surface area contributed by atoms with Gasteiger partial charge in [-0.3, -0.25) is 0 Å². The first-order valence-corrected chi connectivity index (χ1v) is 6.48. The molecular formula is C9H11N3S2. The predicted octanol–water partition coefficient (Wildman–Crippen LogP) is 2.85. The normalized spacial score (nSPS) is 10.7. The monoisotopic (exact) mass is 225 g/mol. The van der Waals surface area contributed by atoms with Crippen molar-refractivity contribution in [2.24, 2.45) is 0 Å². The van der Waals surface area contributed by atoms with Crippen molar-refractivity contribution in [1.82, 2.24) is 9.97 Å². The van der Waals surface area contributed by atoms with E-state index in [2.05, 4.69) is 26.7 Å². The van der Waals surface area contributed by atoms with Crippen molar-refractivity contribution in [1.29, 1.82) is 0 Å². The average molecular weight is 225 g/mol. The highest BCUT2D eigenvalue weighted by molar-refractivity contribution is 7.98. The van der Waals surface area contributed by atoms with Crippen molar-refractivity contribution in [3.63, 3.8) is 0 Å². The standard InChI is InChI=1S/C9H11N3S2/c1-3-10-9-11-7(13-2)6-4-5-14-8(6)12-9/h4-5H,3H2,1-2H3,(H,10,11,12). The molecule has 74 valence electrons. The van der Waals surface area contributed by atoms with Gasteiger partial charge >= 0.3 is 0 Å². The smallest absolute Gasteiger partial charge is 0.225 e. The van der Waals surface area contributed by atoms with E-state index < -0.39 is 0 Å². The van der Waals surface area contributed by atoms with Crippen LogP contribution < -0.4 is 5.32 Å². The summed E-state index contributed by atoms with van der Waals surface area (Å²) in [6.07, 6.45) is 2.04. The Hall–Kier alpha value is -0.810. The molecule has 2 aromatic heterocycles. The molecule has 0 unspecified atom stereocenters. The Kier molecular flexibility index (Phi) is 2.88. The van der Waals surface area contributed by atoms with Crippen LogP contribution in [-0.2, 0) is 0 Å². The zero-order chi connectivity index (χ0) is 9.97. The van der Waals surface area contributed by atoms with Crippen LogP contribution in [0.4, 0.5) is 5.95 Å². The Morgan fingerprint density at radius 2 is 2.36 bits per heavy atom. The van der Waals surface area contributed by atoms with Crippen LogP contribution in [0.3, 0.4) is 0 Å². The summed E-state index contributed by atoms with van der Waals surface area (Å²) in [5.41, 5.74) is 0. The van der Waals surface area contributed by atoms with E-state index in [1.165, 1.54) is 0 Å². The van der Waals surface area contributed by atoms with Crippen molar-refractivity contribution < 1.29 is 0 Å². The zero-order valence-corrected chi connectivity index (χ0v) is 9.71. The largest absolute Gasteiger partial charge is 0.354 e. The summed E-state index contributed by atoms with van der Waals surface area (Å²) >= 11 is 3.31. The molecule has 0 amide bonds. The van der Waals surface area contributed by atoms with E-state index in [0.29, 0.717) is 0 Å². The predicted molar refractivity (Wildman–Crippen MR) is 63.4 cm³/mol. The minimum absolute atomic E-state index is 0.729. The molecule has 5 heteroatoms. The fourth-order valence-electron chi connectivity index (χ4n) is 1.22. The van der Waals surface area contributed by atoms with Gasteiger partial charge in [0.15, 0.2) is 0 Å². The second-order valence-corrected chi connectivity index (χ2v) is 4.42. The Balaban J connectivity index is 2.55. The van der Waals surface area contributed by atoms with Crippen molar-refractivity contribution in [3.8, 4) is 0 Å². The van der Waals surface area contributed by atoms with Crippen LogP contribution in [0.15, 0.2) is 16.5 Å². The molecule has 0 saturated heterocycles. The first-order chi connectivity index (χ1) is 6.85. The van der Waals surface area contributed by atoms with Crippen molar-refractivity contribution in [2.45, 2.75) is 11.9 Å². The molecule has 0 saturated carbocycles. The van der Waals surface area contributed by atoms with Crippen LogP contribution in [-0.4, -0.2) is 22.8 Å². The molecule has 0 spiro atoms. The summed E-state index contributed by atoms with van der Waals surface area (Å²) in [5, 5.41) is 7.39. The number of nitrogens with one attached hydrogen (secondary N) is 1. The van der Waals surface area contributed by atoms with E-state index in [4.69, 9.17) is 0 Å².